The first-order chi connectivity index (χ1) is 12.8. The maximum Gasteiger partial charge on any atom is 0.191 e. The van der Waals surface area contributed by atoms with Crippen molar-refractivity contribution in [3.63, 3.8) is 0 Å². The third kappa shape index (κ3) is 6.48. The Morgan fingerprint density at radius 1 is 1.23 bits per heavy atom. The second-order valence-corrected chi connectivity index (χ2v) is 6.01. The summed E-state index contributed by atoms with van der Waals surface area (Å²) in [4.78, 5) is 6.75. The van der Waals surface area contributed by atoms with Crippen LogP contribution in [0.5, 0.6) is 5.75 Å². The van der Waals surface area contributed by atoms with E-state index in [2.05, 4.69) is 32.7 Å². The predicted molar refractivity (Wildman–Crippen MR) is 104 cm³/mol. The van der Waals surface area contributed by atoms with E-state index in [9.17, 15) is 0 Å². The molecule has 146 valence electrons. The molecule has 1 saturated heterocycles. The van der Waals surface area contributed by atoms with E-state index in [0.717, 1.165) is 57.7 Å². The molecule has 0 radical (unpaired) electrons. The number of rotatable bonds is 9. The number of aliphatic imine (C=N–C) groups is 1. The molecule has 0 aliphatic carbocycles. The monoisotopic (exact) mass is 364 g/mol. The molecule has 0 bridgehead atoms. The van der Waals surface area contributed by atoms with Crippen molar-refractivity contribution < 1.29 is 14.2 Å². The van der Waals surface area contributed by atoms with Crippen LogP contribution in [0.2, 0.25) is 0 Å². The molecule has 0 spiro atoms. The van der Waals surface area contributed by atoms with Gasteiger partial charge in [0.05, 0.1) is 33.0 Å². The van der Waals surface area contributed by atoms with Gasteiger partial charge < -0.3 is 24.8 Å². The van der Waals surface area contributed by atoms with E-state index >= 15 is 0 Å². The van der Waals surface area contributed by atoms with Gasteiger partial charge in [0.2, 0.25) is 0 Å². The zero-order chi connectivity index (χ0) is 18.6. The largest absolute Gasteiger partial charge is 0.497 e. The topological polar surface area (TPSA) is 67.3 Å². The summed E-state index contributed by atoms with van der Waals surface area (Å²) in [5.41, 5.74) is 1.25. The van der Waals surface area contributed by atoms with Crippen LogP contribution in [0.25, 0.3) is 0 Å². The summed E-state index contributed by atoms with van der Waals surface area (Å²) in [7, 11) is 3.47. The van der Waals surface area contributed by atoms with E-state index in [0.29, 0.717) is 6.61 Å². The van der Waals surface area contributed by atoms with Crippen LogP contribution >= 0.6 is 0 Å². The molecule has 0 aromatic heterocycles. The molecule has 2 rings (SSSR count). The lowest BCUT2D eigenvalue weighted by Crippen LogP contribution is -2.46. The molecule has 7 nitrogen and oxygen atoms in total. The van der Waals surface area contributed by atoms with Gasteiger partial charge in [0.25, 0.3) is 0 Å². The molecule has 7 heteroatoms. The number of nitrogens with zero attached hydrogens (tertiary/aromatic N) is 2. The van der Waals surface area contributed by atoms with Gasteiger partial charge in [0, 0.05) is 39.8 Å². The normalized spacial score (nSPS) is 17.0. The molecule has 26 heavy (non-hydrogen) atoms. The Morgan fingerprint density at radius 3 is 2.58 bits per heavy atom. The Labute approximate surface area is 156 Å². The summed E-state index contributed by atoms with van der Waals surface area (Å²) in [5, 5.41) is 6.72. The van der Waals surface area contributed by atoms with Gasteiger partial charge in [-0.15, -0.1) is 0 Å². The molecule has 1 fully saturated rings. The highest BCUT2D eigenvalue weighted by Gasteiger charge is 2.23. The molecule has 1 aromatic carbocycles. The Balaban J connectivity index is 1.98. The molecular formula is C19H32N4O3. The second-order valence-electron chi connectivity index (χ2n) is 6.01. The number of ether oxygens (including phenoxy) is 3. The van der Waals surface area contributed by atoms with Gasteiger partial charge in [-0.1, -0.05) is 12.1 Å². The van der Waals surface area contributed by atoms with Crippen LogP contribution < -0.4 is 15.4 Å². The van der Waals surface area contributed by atoms with Crippen molar-refractivity contribution in [3.8, 4) is 5.75 Å². The molecule has 1 heterocycles. The minimum Gasteiger partial charge on any atom is -0.497 e. The third-order valence-corrected chi connectivity index (χ3v) is 4.42. The van der Waals surface area contributed by atoms with Crippen LogP contribution in [0, 0.1) is 0 Å². The number of morpholine rings is 1. The summed E-state index contributed by atoms with van der Waals surface area (Å²) >= 11 is 0. The fraction of sp³-hybridized carbons (Fsp3) is 0.632. The number of hydrogen-bond acceptors (Lipinski definition) is 5. The summed E-state index contributed by atoms with van der Waals surface area (Å²) in [6.07, 6.45) is 0. The van der Waals surface area contributed by atoms with Crippen molar-refractivity contribution in [1.29, 1.82) is 0 Å². The summed E-state index contributed by atoms with van der Waals surface area (Å²) in [6, 6.07) is 8.53. The molecule has 1 aliphatic rings. The summed E-state index contributed by atoms with van der Waals surface area (Å²) < 4.78 is 16.2. The highest BCUT2D eigenvalue weighted by Crippen LogP contribution is 2.23. The maximum absolute atomic E-state index is 5.51. The van der Waals surface area contributed by atoms with Gasteiger partial charge in [0.1, 0.15) is 5.75 Å². The van der Waals surface area contributed by atoms with Crippen LogP contribution in [0.3, 0.4) is 0 Å². The van der Waals surface area contributed by atoms with E-state index in [-0.39, 0.29) is 6.04 Å². The van der Waals surface area contributed by atoms with Gasteiger partial charge in [-0.25, -0.2) is 0 Å². The van der Waals surface area contributed by atoms with Crippen LogP contribution in [0.15, 0.2) is 29.3 Å². The lowest BCUT2D eigenvalue weighted by atomic mass is 10.0. The fourth-order valence-electron chi connectivity index (χ4n) is 2.97. The molecule has 1 aromatic rings. The minimum atomic E-state index is 0.246. The van der Waals surface area contributed by atoms with Gasteiger partial charge in [-0.05, 0) is 24.6 Å². The average Bonchev–Trinajstić information content (AvgIpc) is 2.71. The Bertz CT molecular complexity index is 530. The van der Waals surface area contributed by atoms with Gasteiger partial charge in [0.15, 0.2) is 5.96 Å². The second kappa shape index (κ2) is 11.7. The number of methoxy groups -OCH3 is 1. The molecule has 1 atom stereocenters. The maximum atomic E-state index is 5.51. The van der Waals surface area contributed by atoms with Gasteiger partial charge >= 0.3 is 0 Å². The number of nitrogens with one attached hydrogen (secondary N) is 2. The van der Waals surface area contributed by atoms with Crippen molar-refractivity contribution in [2.75, 3.05) is 66.8 Å². The summed E-state index contributed by atoms with van der Waals surface area (Å²) in [5.74, 6) is 1.66. The van der Waals surface area contributed by atoms with Gasteiger partial charge in [-0.3, -0.25) is 9.89 Å². The lowest BCUT2D eigenvalue weighted by Gasteiger charge is -2.35. The number of benzene rings is 1. The molecule has 0 amide bonds. The first-order valence-corrected chi connectivity index (χ1v) is 9.26. The molecular weight excluding hydrogens is 332 g/mol. The van der Waals surface area contributed by atoms with Crippen LogP contribution in [-0.2, 0) is 9.47 Å². The number of hydrogen-bond donors (Lipinski definition) is 2. The minimum absolute atomic E-state index is 0.246. The SMILES string of the molecule is CCOCCNC(=NC)NCC(c1ccc(OC)cc1)N1CCOCC1. The highest BCUT2D eigenvalue weighted by atomic mass is 16.5. The standard InChI is InChI=1S/C19H32N4O3/c1-4-25-12-9-21-19(20-2)22-15-18(23-10-13-26-14-11-23)16-5-7-17(24-3)8-6-16/h5-8,18H,4,9-15H2,1-3H3,(H2,20,21,22). The van der Waals surface area contributed by atoms with Gasteiger partial charge in [-0.2, -0.15) is 0 Å². The van der Waals surface area contributed by atoms with Crippen LogP contribution in [-0.4, -0.2) is 77.6 Å². The van der Waals surface area contributed by atoms with Crippen LogP contribution in [0.4, 0.5) is 0 Å². The Kier molecular flexibility index (Phi) is 9.23. The predicted octanol–water partition coefficient (Wildman–Crippen LogP) is 1.27. The first kappa shape index (κ1) is 20.5. The van der Waals surface area contributed by atoms with E-state index in [1.54, 1.807) is 14.2 Å². The highest BCUT2D eigenvalue weighted by molar-refractivity contribution is 5.79. The Hall–Kier alpha value is -1.83. The third-order valence-electron chi connectivity index (χ3n) is 4.42. The molecule has 2 N–H and O–H groups in total. The van der Waals surface area contributed by atoms with Crippen molar-refractivity contribution >= 4 is 5.96 Å². The first-order valence-electron chi connectivity index (χ1n) is 9.26. The smallest absolute Gasteiger partial charge is 0.191 e. The van der Waals surface area contributed by atoms with Crippen molar-refractivity contribution in [2.24, 2.45) is 4.99 Å². The quantitative estimate of drug-likeness (QED) is 0.391. The average molecular weight is 364 g/mol. The van der Waals surface area contributed by atoms with Crippen molar-refractivity contribution in [2.45, 2.75) is 13.0 Å². The van der Waals surface area contributed by atoms with E-state index in [1.807, 2.05) is 19.1 Å². The van der Waals surface area contributed by atoms with Crippen LogP contribution in [0.1, 0.15) is 18.5 Å². The number of guanidine groups is 1. The zero-order valence-electron chi connectivity index (χ0n) is 16.2. The zero-order valence-corrected chi connectivity index (χ0v) is 16.2. The van der Waals surface area contributed by atoms with Crippen molar-refractivity contribution in [3.05, 3.63) is 29.8 Å². The lowest BCUT2D eigenvalue weighted by molar-refractivity contribution is 0.0170. The van der Waals surface area contributed by atoms with E-state index in [4.69, 9.17) is 14.2 Å². The summed E-state index contributed by atoms with van der Waals surface area (Å²) in [6.45, 7) is 8.28. The van der Waals surface area contributed by atoms with E-state index < -0.39 is 0 Å². The van der Waals surface area contributed by atoms with E-state index in [1.165, 1.54) is 5.56 Å². The van der Waals surface area contributed by atoms with Crippen molar-refractivity contribution in [1.82, 2.24) is 15.5 Å². The molecule has 1 aliphatic heterocycles. The molecule has 1 unspecified atom stereocenters. The molecule has 0 saturated carbocycles. The Morgan fingerprint density at radius 2 is 1.96 bits per heavy atom. The fourth-order valence-corrected chi connectivity index (χ4v) is 2.97.